The summed E-state index contributed by atoms with van der Waals surface area (Å²) >= 11 is 0. The summed E-state index contributed by atoms with van der Waals surface area (Å²) in [5.41, 5.74) is 4.10. The Morgan fingerprint density at radius 2 is 1.88 bits per heavy atom. The largest absolute Gasteiger partial charge is 0.483 e. The molecule has 0 aliphatic rings. The molecule has 2 rings (SSSR count). The molecule has 26 heavy (non-hydrogen) atoms. The van der Waals surface area contributed by atoms with Crippen LogP contribution in [0.25, 0.3) is 0 Å². The fourth-order valence-electron chi connectivity index (χ4n) is 2.16. The normalized spacial score (nSPS) is 10.1. The maximum atomic E-state index is 11.9. The second-order valence-electron chi connectivity index (χ2n) is 5.21. The molecule has 0 saturated carbocycles. The molecular formula is C21H20N2O3. The number of amides is 1. The molecule has 0 radical (unpaired) electrons. The highest BCUT2D eigenvalue weighted by Crippen LogP contribution is 2.18. The number of nitrogens with one attached hydrogen (secondary N) is 1. The lowest BCUT2D eigenvalue weighted by Crippen LogP contribution is -2.24. The zero-order valence-corrected chi connectivity index (χ0v) is 14.4. The number of ether oxygens (including phenoxy) is 2. The standard InChI is InChI=1S/C21H20N2O3/c1-3-9-17-10-5-7-12-19(17)26-16-21(24)23-22-15-18-11-6-8-13-20(18)25-14-4-2/h2-3,5-8,10-13,15H,1,9,14,16H2,(H,23,24)/b22-15-. The topological polar surface area (TPSA) is 59.9 Å². The summed E-state index contributed by atoms with van der Waals surface area (Å²) in [7, 11) is 0. The first-order valence-electron chi connectivity index (χ1n) is 8.03. The van der Waals surface area contributed by atoms with E-state index in [-0.39, 0.29) is 19.1 Å². The van der Waals surface area contributed by atoms with Crippen LogP contribution in [0.5, 0.6) is 11.5 Å². The van der Waals surface area contributed by atoms with E-state index >= 15 is 0 Å². The Morgan fingerprint density at radius 1 is 1.15 bits per heavy atom. The molecule has 1 amide bonds. The van der Waals surface area contributed by atoms with Gasteiger partial charge in [-0.1, -0.05) is 42.3 Å². The molecule has 5 nitrogen and oxygen atoms in total. The summed E-state index contributed by atoms with van der Waals surface area (Å²) in [6.07, 6.45) is 9.14. The lowest BCUT2D eigenvalue weighted by Gasteiger charge is -2.09. The average molecular weight is 348 g/mol. The highest BCUT2D eigenvalue weighted by Gasteiger charge is 2.05. The molecule has 0 aliphatic heterocycles. The molecule has 0 aliphatic carbocycles. The molecular weight excluding hydrogens is 328 g/mol. The van der Waals surface area contributed by atoms with Crippen molar-refractivity contribution in [3.8, 4) is 23.8 Å². The van der Waals surface area contributed by atoms with Crippen molar-refractivity contribution in [3.63, 3.8) is 0 Å². The SMILES string of the molecule is C#CCOc1ccccc1/C=N\NC(=O)COc1ccccc1CC=C. The van der Waals surface area contributed by atoms with E-state index in [0.717, 1.165) is 5.56 Å². The van der Waals surface area contributed by atoms with Gasteiger partial charge in [0, 0.05) is 5.56 Å². The van der Waals surface area contributed by atoms with Crippen molar-refractivity contribution in [1.29, 1.82) is 0 Å². The van der Waals surface area contributed by atoms with Crippen LogP contribution >= 0.6 is 0 Å². The van der Waals surface area contributed by atoms with E-state index in [4.69, 9.17) is 15.9 Å². The average Bonchev–Trinajstić information content (AvgIpc) is 2.67. The maximum Gasteiger partial charge on any atom is 0.277 e. The lowest BCUT2D eigenvalue weighted by molar-refractivity contribution is -0.123. The first-order valence-corrected chi connectivity index (χ1v) is 8.03. The Hall–Kier alpha value is -3.52. The van der Waals surface area contributed by atoms with Gasteiger partial charge in [-0.25, -0.2) is 5.43 Å². The number of nitrogens with zero attached hydrogens (tertiary/aromatic N) is 1. The zero-order valence-electron chi connectivity index (χ0n) is 14.4. The monoisotopic (exact) mass is 348 g/mol. The fraction of sp³-hybridized carbons (Fsp3) is 0.143. The van der Waals surface area contributed by atoms with Gasteiger partial charge in [0.2, 0.25) is 0 Å². The molecule has 132 valence electrons. The van der Waals surface area contributed by atoms with Crippen LogP contribution < -0.4 is 14.9 Å². The van der Waals surface area contributed by atoms with Gasteiger partial charge in [-0.3, -0.25) is 4.79 Å². The van der Waals surface area contributed by atoms with E-state index in [1.807, 2.05) is 42.5 Å². The zero-order chi connectivity index (χ0) is 18.6. The Bertz CT molecular complexity index is 822. The minimum absolute atomic E-state index is 0.138. The van der Waals surface area contributed by atoms with Gasteiger partial charge in [0.05, 0.1) is 6.21 Å². The molecule has 0 heterocycles. The molecule has 2 aromatic carbocycles. The van der Waals surface area contributed by atoms with Gasteiger partial charge in [0.25, 0.3) is 5.91 Å². The molecule has 0 bridgehead atoms. The molecule has 0 spiro atoms. The van der Waals surface area contributed by atoms with E-state index in [9.17, 15) is 4.79 Å². The van der Waals surface area contributed by atoms with Gasteiger partial charge in [-0.15, -0.1) is 13.0 Å². The second-order valence-corrected chi connectivity index (χ2v) is 5.21. The van der Waals surface area contributed by atoms with Gasteiger partial charge >= 0.3 is 0 Å². The van der Waals surface area contributed by atoms with Gasteiger partial charge in [0.1, 0.15) is 18.1 Å². The number of carbonyl (C=O) groups excluding carboxylic acids is 1. The van der Waals surface area contributed by atoms with Crippen molar-refractivity contribution >= 4 is 12.1 Å². The van der Waals surface area contributed by atoms with Crippen LogP contribution in [0.4, 0.5) is 0 Å². The lowest BCUT2D eigenvalue weighted by atomic mass is 10.1. The predicted octanol–water partition coefficient (Wildman–Crippen LogP) is 2.96. The molecule has 2 aromatic rings. The van der Waals surface area contributed by atoms with Crippen LogP contribution in [0.1, 0.15) is 11.1 Å². The van der Waals surface area contributed by atoms with Crippen molar-refractivity contribution in [2.45, 2.75) is 6.42 Å². The number of benzene rings is 2. The summed E-state index contributed by atoms with van der Waals surface area (Å²) in [6, 6.07) is 14.8. The Balaban J connectivity index is 1.89. The van der Waals surface area contributed by atoms with Crippen molar-refractivity contribution < 1.29 is 14.3 Å². The van der Waals surface area contributed by atoms with Gasteiger partial charge in [0.15, 0.2) is 6.61 Å². The van der Waals surface area contributed by atoms with E-state index in [1.54, 1.807) is 12.1 Å². The molecule has 0 aromatic heterocycles. The highest BCUT2D eigenvalue weighted by molar-refractivity contribution is 5.85. The van der Waals surface area contributed by atoms with E-state index in [2.05, 4.69) is 23.0 Å². The van der Waals surface area contributed by atoms with Crippen molar-refractivity contribution in [2.75, 3.05) is 13.2 Å². The van der Waals surface area contributed by atoms with E-state index in [1.165, 1.54) is 6.21 Å². The molecule has 5 heteroatoms. The number of allylic oxidation sites excluding steroid dienone is 1. The van der Waals surface area contributed by atoms with Crippen LogP contribution in [0.3, 0.4) is 0 Å². The smallest absolute Gasteiger partial charge is 0.277 e. The van der Waals surface area contributed by atoms with Crippen LogP contribution in [-0.4, -0.2) is 25.3 Å². The van der Waals surface area contributed by atoms with Crippen LogP contribution in [0, 0.1) is 12.3 Å². The quantitative estimate of drug-likeness (QED) is 0.328. The minimum atomic E-state index is -0.364. The number of hydrogen-bond donors (Lipinski definition) is 1. The van der Waals surface area contributed by atoms with Crippen molar-refractivity contribution in [3.05, 3.63) is 72.3 Å². The third-order valence-corrected chi connectivity index (χ3v) is 3.32. The summed E-state index contributed by atoms with van der Waals surface area (Å²) < 4.78 is 11.0. The highest BCUT2D eigenvalue weighted by atomic mass is 16.5. The van der Waals surface area contributed by atoms with Gasteiger partial charge in [-0.05, 0) is 30.2 Å². The van der Waals surface area contributed by atoms with Gasteiger partial charge < -0.3 is 9.47 Å². The molecule has 1 N–H and O–H groups in total. The third-order valence-electron chi connectivity index (χ3n) is 3.32. The number of terminal acetylenes is 1. The minimum Gasteiger partial charge on any atom is -0.483 e. The number of hydrazone groups is 1. The first-order chi connectivity index (χ1) is 12.7. The number of carbonyl (C=O) groups is 1. The van der Waals surface area contributed by atoms with Crippen LogP contribution in [-0.2, 0) is 11.2 Å². The Labute approximate surface area is 153 Å². The number of para-hydroxylation sites is 2. The summed E-state index contributed by atoms with van der Waals surface area (Å²) in [4.78, 5) is 11.9. The van der Waals surface area contributed by atoms with Crippen LogP contribution in [0.2, 0.25) is 0 Å². The van der Waals surface area contributed by atoms with Gasteiger partial charge in [-0.2, -0.15) is 5.10 Å². The molecule has 0 atom stereocenters. The fourth-order valence-corrected chi connectivity index (χ4v) is 2.16. The van der Waals surface area contributed by atoms with E-state index in [0.29, 0.717) is 23.5 Å². The number of rotatable bonds is 9. The second kappa shape index (κ2) is 10.4. The van der Waals surface area contributed by atoms with Crippen molar-refractivity contribution in [2.24, 2.45) is 5.10 Å². The summed E-state index contributed by atoms with van der Waals surface area (Å²) in [5, 5.41) is 3.93. The summed E-state index contributed by atoms with van der Waals surface area (Å²) in [5.74, 6) is 3.29. The summed E-state index contributed by atoms with van der Waals surface area (Å²) in [6.45, 7) is 3.74. The molecule has 0 saturated heterocycles. The predicted molar refractivity (Wildman–Crippen MR) is 102 cm³/mol. The molecule has 0 unspecified atom stereocenters. The maximum absolute atomic E-state index is 11.9. The third kappa shape index (κ3) is 5.84. The van der Waals surface area contributed by atoms with E-state index < -0.39 is 0 Å². The van der Waals surface area contributed by atoms with Crippen LogP contribution in [0.15, 0.2) is 66.3 Å². The Morgan fingerprint density at radius 3 is 2.65 bits per heavy atom. The number of hydrogen-bond acceptors (Lipinski definition) is 4. The first kappa shape index (κ1) is 18.8. The van der Waals surface area contributed by atoms with Crippen molar-refractivity contribution in [1.82, 2.24) is 5.43 Å². The Kier molecular flexibility index (Phi) is 7.50. The molecule has 0 fully saturated rings.